The molecule has 1 aromatic heterocycles. The Kier molecular flexibility index (Phi) is 4.99. The summed E-state index contributed by atoms with van der Waals surface area (Å²) in [5.74, 6) is 0.442. The van der Waals surface area contributed by atoms with Crippen LogP contribution in [-0.4, -0.2) is 46.4 Å². The molecule has 1 spiro atoms. The number of aromatic nitrogens is 1. The monoisotopic (exact) mass is 422 g/mol. The van der Waals surface area contributed by atoms with E-state index in [2.05, 4.69) is 28.6 Å². The van der Waals surface area contributed by atoms with Crippen LogP contribution in [-0.2, 0) is 17.6 Å². The maximum atomic E-state index is 12.9. The third-order valence-electron chi connectivity index (χ3n) is 7.26. The average Bonchev–Trinajstić information content (AvgIpc) is 3.43. The second-order valence-electron chi connectivity index (χ2n) is 9.44. The van der Waals surface area contributed by atoms with Gasteiger partial charge in [-0.05, 0) is 56.1 Å². The van der Waals surface area contributed by atoms with E-state index in [1.165, 1.54) is 22.6 Å². The van der Waals surface area contributed by atoms with Crippen LogP contribution in [0.3, 0.4) is 0 Å². The van der Waals surface area contributed by atoms with Gasteiger partial charge in [-0.3, -0.25) is 14.5 Å². The number of aryl methyl sites for hydroxylation is 1. The number of urea groups is 1. The summed E-state index contributed by atoms with van der Waals surface area (Å²) >= 11 is 0. The van der Waals surface area contributed by atoms with Gasteiger partial charge in [0, 0.05) is 24.2 Å². The molecule has 1 saturated heterocycles. The van der Waals surface area contributed by atoms with Crippen LogP contribution in [0.4, 0.5) is 4.79 Å². The highest BCUT2D eigenvalue weighted by molar-refractivity contribution is 6.07. The molecule has 4 amide bonds. The highest BCUT2D eigenvalue weighted by Crippen LogP contribution is 2.35. The van der Waals surface area contributed by atoms with E-state index in [9.17, 15) is 14.4 Å². The van der Waals surface area contributed by atoms with E-state index in [-0.39, 0.29) is 17.8 Å². The molecule has 0 bridgehead atoms. The minimum Gasteiger partial charge on any atom is -0.358 e. The van der Waals surface area contributed by atoms with E-state index in [1.807, 2.05) is 12.1 Å². The van der Waals surface area contributed by atoms with Gasteiger partial charge in [0.25, 0.3) is 11.8 Å². The van der Waals surface area contributed by atoms with Crippen LogP contribution in [0.15, 0.2) is 18.2 Å². The number of imide groups is 1. The number of para-hydroxylation sites is 1. The molecule has 1 aliphatic heterocycles. The summed E-state index contributed by atoms with van der Waals surface area (Å²) in [6.45, 7) is 3.01. The number of nitrogens with one attached hydrogen (secondary N) is 3. The molecule has 164 valence electrons. The summed E-state index contributed by atoms with van der Waals surface area (Å²) in [5, 5.41) is 7.01. The van der Waals surface area contributed by atoms with E-state index in [0.29, 0.717) is 31.0 Å². The van der Waals surface area contributed by atoms with Crippen molar-refractivity contribution in [1.29, 1.82) is 0 Å². The van der Waals surface area contributed by atoms with Gasteiger partial charge >= 0.3 is 6.03 Å². The largest absolute Gasteiger partial charge is 0.358 e. The number of nitrogens with zero attached hydrogens (tertiary/aromatic N) is 1. The number of benzene rings is 1. The van der Waals surface area contributed by atoms with Crippen molar-refractivity contribution in [3.05, 3.63) is 35.0 Å². The SMILES string of the molecule is CC1CCc2[nH]c3c(C(=O)NCCCN4C(=O)NC5(CCCC5)C4=O)cccc3c2C1. The number of carbonyl (C=O) groups is 3. The van der Waals surface area contributed by atoms with E-state index in [4.69, 9.17) is 0 Å². The molecule has 1 unspecified atom stereocenters. The Morgan fingerprint density at radius 1 is 1.26 bits per heavy atom. The fourth-order valence-electron chi connectivity index (χ4n) is 5.54. The molecule has 7 heteroatoms. The average molecular weight is 423 g/mol. The number of fused-ring (bicyclic) bond motifs is 3. The van der Waals surface area contributed by atoms with Gasteiger partial charge in [-0.2, -0.15) is 0 Å². The molecule has 3 N–H and O–H groups in total. The summed E-state index contributed by atoms with van der Waals surface area (Å²) in [4.78, 5) is 42.7. The van der Waals surface area contributed by atoms with Crippen LogP contribution in [0.1, 0.15) is 67.1 Å². The van der Waals surface area contributed by atoms with E-state index >= 15 is 0 Å². The normalized spacial score (nSPS) is 22.2. The van der Waals surface area contributed by atoms with Crippen molar-refractivity contribution in [3.63, 3.8) is 0 Å². The molecule has 7 nitrogen and oxygen atoms in total. The van der Waals surface area contributed by atoms with Crippen LogP contribution in [0.5, 0.6) is 0 Å². The van der Waals surface area contributed by atoms with Gasteiger partial charge in [0.2, 0.25) is 0 Å². The Labute approximate surface area is 181 Å². The van der Waals surface area contributed by atoms with Crippen LogP contribution in [0, 0.1) is 5.92 Å². The quantitative estimate of drug-likeness (QED) is 0.510. The molecule has 1 saturated carbocycles. The molecule has 0 radical (unpaired) electrons. The van der Waals surface area contributed by atoms with Gasteiger partial charge in [-0.25, -0.2) is 4.79 Å². The van der Waals surface area contributed by atoms with Crippen molar-refractivity contribution < 1.29 is 14.4 Å². The predicted molar refractivity (Wildman–Crippen MR) is 118 cm³/mol. The zero-order valence-corrected chi connectivity index (χ0v) is 18.1. The number of hydrogen-bond acceptors (Lipinski definition) is 3. The molecule has 3 aliphatic rings. The smallest absolute Gasteiger partial charge is 0.325 e. The number of hydrogen-bond donors (Lipinski definition) is 3. The summed E-state index contributed by atoms with van der Waals surface area (Å²) in [5.41, 5.74) is 3.51. The lowest BCUT2D eigenvalue weighted by atomic mass is 9.87. The minimum atomic E-state index is -0.666. The third kappa shape index (κ3) is 3.40. The molecule has 2 aliphatic carbocycles. The molecule has 2 fully saturated rings. The van der Waals surface area contributed by atoms with Crippen LogP contribution in [0.25, 0.3) is 10.9 Å². The van der Waals surface area contributed by atoms with E-state index < -0.39 is 5.54 Å². The van der Waals surface area contributed by atoms with Crippen molar-refractivity contribution in [2.75, 3.05) is 13.1 Å². The lowest BCUT2D eigenvalue weighted by molar-refractivity contribution is -0.131. The fraction of sp³-hybridized carbons (Fsp3) is 0.542. The lowest BCUT2D eigenvalue weighted by Crippen LogP contribution is -2.44. The second-order valence-corrected chi connectivity index (χ2v) is 9.44. The van der Waals surface area contributed by atoms with Crippen molar-refractivity contribution >= 4 is 28.7 Å². The van der Waals surface area contributed by atoms with Crippen LogP contribution < -0.4 is 10.6 Å². The Hall–Kier alpha value is -2.83. The highest BCUT2D eigenvalue weighted by atomic mass is 16.2. The van der Waals surface area contributed by atoms with E-state index in [1.54, 1.807) is 0 Å². The Morgan fingerprint density at radius 2 is 2.06 bits per heavy atom. The highest BCUT2D eigenvalue weighted by Gasteiger charge is 2.51. The first-order valence-corrected chi connectivity index (χ1v) is 11.5. The first kappa shape index (κ1) is 20.1. The molecule has 5 rings (SSSR count). The maximum absolute atomic E-state index is 12.9. The van der Waals surface area contributed by atoms with Gasteiger partial charge in [0.1, 0.15) is 5.54 Å². The van der Waals surface area contributed by atoms with Crippen molar-refractivity contribution in [2.24, 2.45) is 5.92 Å². The van der Waals surface area contributed by atoms with Crippen molar-refractivity contribution in [2.45, 2.75) is 63.8 Å². The van der Waals surface area contributed by atoms with Crippen molar-refractivity contribution in [1.82, 2.24) is 20.5 Å². The van der Waals surface area contributed by atoms with Crippen molar-refractivity contribution in [3.8, 4) is 0 Å². The van der Waals surface area contributed by atoms with Gasteiger partial charge in [0.15, 0.2) is 0 Å². The molecule has 1 atom stereocenters. The molecule has 2 aromatic rings. The Bertz CT molecular complexity index is 1050. The summed E-state index contributed by atoms with van der Waals surface area (Å²) in [7, 11) is 0. The lowest BCUT2D eigenvalue weighted by Gasteiger charge is -2.20. The van der Waals surface area contributed by atoms with E-state index in [0.717, 1.165) is 49.4 Å². The Balaban J connectivity index is 1.21. The standard InChI is InChI=1S/C24H30N4O3/c1-15-8-9-19-18(14-15)16-6-4-7-17(20(16)26-19)21(29)25-12-5-13-28-22(30)24(27-23(28)31)10-2-3-11-24/h4,6-7,15,26H,2-3,5,8-14H2,1H3,(H,25,29)(H,27,31). The number of aromatic amines is 1. The zero-order chi connectivity index (χ0) is 21.6. The van der Waals surface area contributed by atoms with Gasteiger partial charge in [-0.15, -0.1) is 0 Å². The predicted octanol–water partition coefficient (Wildman–Crippen LogP) is 3.28. The minimum absolute atomic E-state index is 0.0997. The molecular weight excluding hydrogens is 392 g/mol. The number of carbonyl (C=O) groups excluding carboxylic acids is 3. The van der Waals surface area contributed by atoms with Crippen LogP contribution >= 0.6 is 0 Å². The summed E-state index contributed by atoms with van der Waals surface area (Å²) in [6.07, 6.45) is 7.20. The zero-order valence-electron chi connectivity index (χ0n) is 18.1. The number of H-pyrrole nitrogens is 1. The summed E-state index contributed by atoms with van der Waals surface area (Å²) in [6, 6.07) is 5.59. The Morgan fingerprint density at radius 3 is 2.87 bits per heavy atom. The molecule has 1 aromatic carbocycles. The van der Waals surface area contributed by atoms with Gasteiger partial charge in [-0.1, -0.05) is 31.9 Å². The number of rotatable bonds is 5. The third-order valence-corrected chi connectivity index (χ3v) is 7.26. The maximum Gasteiger partial charge on any atom is 0.325 e. The molecule has 31 heavy (non-hydrogen) atoms. The van der Waals surface area contributed by atoms with Gasteiger partial charge in [0.05, 0.1) is 11.1 Å². The first-order valence-electron chi connectivity index (χ1n) is 11.5. The summed E-state index contributed by atoms with van der Waals surface area (Å²) < 4.78 is 0. The molecular formula is C24H30N4O3. The van der Waals surface area contributed by atoms with Crippen LogP contribution in [0.2, 0.25) is 0 Å². The molecule has 2 heterocycles. The number of amides is 4. The topological polar surface area (TPSA) is 94.3 Å². The second kappa shape index (κ2) is 7.70. The first-order chi connectivity index (χ1) is 15.0. The van der Waals surface area contributed by atoms with Gasteiger partial charge < -0.3 is 15.6 Å². The fourth-order valence-corrected chi connectivity index (χ4v) is 5.54.